The number of aromatic nitrogens is 4. The first-order valence-electron chi connectivity index (χ1n) is 12.5. The van der Waals surface area contributed by atoms with E-state index in [1.807, 2.05) is 31.0 Å². The molecule has 10 nitrogen and oxygen atoms in total. The summed E-state index contributed by atoms with van der Waals surface area (Å²) >= 11 is 0. The first kappa shape index (κ1) is 24.6. The zero-order valence-electron chi connectivity index (χ0n) is 21.2. The fraction of sp³-hybridized carbons (Fsp3) is 0.538. The van der Waals surface area contributed by atoms with Crippen molar-refractivity contribution in [1.82, 2.24) is 29.5 Å². The summed E-state index contributed by atoms with van der Waals surface area (Å²) in [6, 6.07) is 3.82. The largest absolute Gasteiger partial charge is 0.385 e. The first-order valence-corrected chi connectivity index (χ1v) is 12.5. The molecule has 1 saturated heterocycles. The van der Waals surface area contributed by atoms with E-state index in [-0.39, 0.29) is 17.4 Å². The van der Waals surface area contributed by atoms with Gasteiger partial charge in [0.15, 0.2) is 5.65 Å². The number of benzene rings is 1. The Morgan fingerprint density at radius 2 is 2.06 bits per heavy atom. The number of aromatic amines is 1. The van der Waals surface area contributed by atoms with Gasteiger partial charge in [-0.15, -0.1) is 0 Å². The lowest BCUT2D eigenvalue weighted by Crippen LogP contribution is -2.46. The number of rotatable bonds is 8. The van der Waals surface area contributed by atoms with Gasteiger partial charge in [-0.3, -0.25) is 24.2 Å². The molecule has 0 spiro atoms. The van der Waals surface area contributed by atoms with Gasteiger partial charge in [0, 0.05) is 39.2 Å². The van der Waals surface area contributed by atoms with Crippen molar-refractivity contribution >= 4 is 16.9 Å². The van der Waals surface area contributed by atoms with Crippen molar-refractivity contribution < 1.29 is 14.6 Å². The fourth-order valence-corrected chi connectivity index (χ4v) is 5.23. The maximum absolute atomic E-state index is 13.3. The number of likely N-dealkylation sites (tertiary alicyclic amines) is 1. The van der Waals surface area contributed by atoms with Crippen LogP contribution in [0.5, 0.6) is 0 Å². The van der Waals surface area contributed by atoms with Gasteiger partial charge in [0.1, 0.15) is 11.7 Å². The highest BCUT2D eigenvalue weighted by Gasteiger charge is 2.40. The standard InChI is InChI=1S/C26H34N6O4/c1-17-20(15-30(2)12-13-36-3)22(32-16-27-23-19(25(32)34)14-28-29-23)7-6-21(17)26(35)8-10-31(11-9-26)24(33)18-4-5-18/h6-7,14,16,18,35H,4-5,8-13,15H2,1-3H3,(H,28,29). The number of nitrogens with one attached hydrogen (secondary N) is 1. The van der Waals surface area contributed by atoms with E-state index >= 15 is 0 Å². The van der Waals surface area contributed by atoms with Gasteiger partial charge in [-0.1, -0.05) is 6.07 Å². The van der Waals surface area contributed by atoms with E-state index in [2.05, 4.69) is 20.1 Å². The van der Waals surface area contributed by atoms with Gasteiger partial charge >= 0.3 is 0 Å². The molecule has 10 heteroatoms. The van der Waals surface area contributed by atoms with E-state index in [9.17, 15) is 14.7 Å². The second-order valence-electron chi connectivity index (χ2n) is 10.1. The average Bonchev–Trinajstić information content (AvgIpc) is 3.61. The minimum absolute atomic E-state index is 0.186. The van der Waals surface area contributed by atoms with Gasteiger partial charge in [0.25, 0.3) is 5.56 Å². The van der Waals surface area contributed by atoms with Crippen LogP contribution in [0.15, 0.2) is 29.5 Å². The Balaban J connectivity index is 1.52. The SMILES string of the molecule is COCCN(C)Cc1c(-n2cnc3[nH]ncc3c2=O)ccc(C2(O)CCN(C(=O)C3CC3)CC2)c1C. The summed E-state index contributed by atoms with van der Waals surface area (Å²) in [5.41, 5.74) is 2.69. The zero-order chi connectivity index (χ0) is 25.4. The molecule has 1 amide bonds. The van der Waals surface area contributed by atoms with E-state index in [4.69, 9.17) is 4.74 Å². The number of ether oxygens (including phenoxy) is 1. The molecule has 0 atom stereocenters. The molecular formula is C26H34N6O4. The number of aliphatic hydroxyl groups is 1. The number of hydrogen-bond acceptors (Lipinski definition) is 7. The van der Waals surface area contributed by atoms with Crippen molar-refractivity contribution in [2.45, 2.75) is 44.8 Å². The second kappa shape index (κ2) is 9.76. The third-order valence-electron chi connectivity index (χ3n) is 7.64. The summed E-state index contributed by atoms with van der Waals surface area (Å²) in [4.78, 5) is 34.2. The first-order chi connectivity index (χ1) is 17.3. The van der Waals surface area contributed by atoms with E-state index in [0.717, 1.165) is 41.8 Å². The van der Waals surface area contributed by atoms with Crippen molar-refractivity contribution in [3.8, 4) is 5.69 Å². The number of methoxy groups -OCH3 is 1. The number of nitrogens with zero attached hydrogens (tertiary/aromatic N) is 5. The molecule has 2 aliphatic rings. The Bertz CT molecular complexity index is 1320. The summed E-state index contributed by atoms with van der Waals surface area (Å²) < 4.78 is 6.80. The number of likely N-dealkylation sites (N-methyl/N-ethyl adjacent to an activating group) is 1. The maximum atomic E-state index is 13.3. The number of carbonyl (C=O) groups is 1. The molecule has 1 aliphatic heterocycles. The predicted molar refractivity (Wildman–Crippen MR) is 135 cm³/mol. The molecule has 0 bridgehead atoms. The molecule has 192 valence electrons. The number of fused-ring (bicyclic) bond motifs is 1. The quantitative estimate of drug-likeness (QED) is 0.490. The molecule has 36 heavy (non-hydrogen) atoms. The van der Waals surface area contributed by atoms with E-state index in [1.54, 1.807) is 11.7 Å². The molecule has 3 aromatic rings. The van der Waals surface area contributed by atoms with Crippen LogP contribution in [0.25, 0.3) is 16.7 Å². The smallest absolute Gasteiger partial charge is 0.269 e. The van der Waals surface area contributed by atoms with Crippen LogP contribution < -0.4 is 5.56 Å². The summed E-state index contributed by atoms with van der Waals surface area (Å²) in [5.74, 6) is 0.414. The molecule has 2 aromatic heterocycles. The Morgan fingerprint density at radius 1 is 1.31 bits per heavy atom. The summed E-state index contributed by atoms with van der Waals surface area (Å²) in [5, 5.41) is 18.9. The number of hydrogen-bond donors (Lipinski definition) is 2. The maximum Gasteiger partial charge on any atom is 0.269 e. The van der Waals surface area contributed by atoms with Crippen molar-refractivity contribution in [3.05, 3.63) is 51.7 Å². The molecule has 3 heterocycles. The van der Waals surface area contributed by atoms with Crippen LogP contribution in [0, 0.1) is 12.8 Å². The van der Waals surface area contributed by atoms with E-state index in [0.29, 0.717) is 50.1 Å². The van der Waals surface area contributed by atoms with Crippen molar-refractivity contribution in [3.63, 3.8) is 0 Å². The predicted octanol–water partition coefficient (Wildman–Crippen LogP) is 1.72. The van der Waals surface area contributed by atoms with Crippen molar-refractivity contribution in [2.24, 2.45) is 5.92 Å². The van der Waals surface area contributed by atoms with Crippen molar-refractivity contribution in [2.75, 3.05) is 40.4 Å². The molecule has 5 rings (SSSR count). The highest BCUT2D eigenvalue weighted by atomic mass is 16.5. The molecule has 0 unspecified atom stereocenters. The minimum Gasteiger partial charge on any atom is -0.385 e. The van der Waals surface area contributed by atoms with Crippen LogP contribution in [0.4, 0.5) is 0 Å². The summed E-state index contributed by atoms with van der Waals surface area (Å²) in [7, 11) is 3.68. The van der Waals surface area contributed by atoms with Gasteiger partial charge < -0.3 is 14.7 Å². The van der Waals surface area contributed by atoms with Crippen molar-refractivity contribution in [1.29, 1.82) is 0 Å². The Hall–Kier alpha value is -3.08. The number of H-pyrrole nitrogens is 1. The fourth-order valence-electron chi connectivity index (χ4n) is 5.23. The van der Waals surface area contributed by atoms with Crippen LogP contribution in [0.1, 0.15) is 42.4 Å². The highest BCUT2D eigenvalue weighted by molar-refractivity contribution is 5.81. The summed E-state index contributed by atoms with van der Waals surface area (Å²) in [6.45, 7) is 4.98. The molecule has 0 radical (unpaired) electrons. The highest BCUT2D eigenvalue weighted by Crippen LogP contribution is 2.39. The molecular weight excluding hydrogens is 460 g/mol. The number of amides is 1. The second-order valence-corrected chi connectivity index (χ2v) is 10.1. The Kier molecular flexibility index (Phi) is 6.67. The molecule has 1 aromatic carbocycles. The van der Waals surface area contributed by atoms with Crippen LogP contribution >= 0.6 is 0 Å². The Morgan fingerprint density at radius 3 is 2.75 bits per heavy atom. The minimum atomic E-state index is -1.03. The van der Waals surface area contributed by atoms with Gasteiger partial charge in [0.05, 0.1) is 24.1 Å². The molecule has 1 saturated carbocycles. The van der Waals surface area contributed by atoms with Crippen LogP contribution in [-0.4, -0.2) is 81.0 Å². The summed E-state index contributed by atoms with van der Waals surface area (Å²) in [6.07, 6.45) is 5.97. The van der Waals surface area contributed by atoms with Gasteiger partial charge in [-0.2, -0.15) is 5.10 Å². The monoisotopic (exact) mass is 494 g/mol. The lowest BCUT2D eigenvalue weighted by atomic mass is 9.80. The normalized spacial score (nSPS) is 17.8. The lowest BCUT2D eigenvalue weighted by Gasteiger charge is -2.40. The Labute approximate surface area is 209 Å². The van der Waals surface area contributed by atoms with Crippen LogP contribution in [-0.2, 0) is 21.7 Å². The molecule has 2 N–H and O–H groups in total. The third-order valence-corrected chi connectivity index (χ3v) is 7.64. The molecule has 1 aliphatic carbocycles. The topological polar surface area (TPSA) is 117 Å². The lowest BCUT2D eigenvalue weighted by molar-refractivity contribution is -0.137. The zero-order valence-corrected chi connectivity index (χ0v) is 21.2. The van der Waals surface area contributed by atoms with Crippen LogP contribution in [0.2, 0.25) is 0 Å². The number of carbonyl (C=O) groups excluding carboxylic acids is 1. The number of piperidine rings is 1. The van der Waals surface area contributed by atoms with E-state index < -0.39 is 5.60 Å². The van der Waals surface area contributed by atoms with Crippen LogP contribution in [0.3, 0.4) is 0 Å². The molecule has 2 fully saturated rings. The van der Waals surface area contributed by atoms with Gasteiger partial charge in [0.2, 0.25) is 5.91 Å². The van der Waals surface area contributed by atoms with Gasteiger partial charge in [-0.25, -0.2) is 4.98 Å². The average molecular weight is 495 g/mol. The van der Waals surface area contributed by atoms with Gasteiger partial charge in [-0.05, 0) is 62.4 Å². The third kappa shape index (κ3) is 4.56. The van der Waals surface area contributed by atoms with E-state index in [1.165, 1.54) is 12.5 Å².